The van der Waals surface area contributed by atoms with Gasteiger partial charge in [-0.25, -0.2) is 4.39 Å². The van der Waals surface area contributed by atoms with Crippen molar-refractivity contribution in [2.45, 2.75) is 5.92 Å². The molecule has 0 bridgehead atoms. The summed E-state index contributed by atoms with van der Waals surface area (Å²) in [5, 5.41) is 11.0. The van der Waals surface area contributed by atoms with Crippen molar-refractivity contribution in [1.29, 1.82) is 0 Å². The van der Waals surface area contributed by atoms with Gasteiger partial charge in [0.15, 0.2) is 5.92 Å². The Balaban J connectivity index is 3.61. The molecule has 0 atom stereocenters. The molecule has 0 amide bonds. The molecule has 0 aromatic heterocycles. The van der Waals surface area contributed by atoms with Crippen LogP contribution in [0, 0.1) is 15.9 Å². The molecule has 0 unspecified atom stereocenters. The number of esters is 2. The second-order valence-electron chi connectivity index (χ2n) is 3.53. The third-order valence-corrected chi connectivity index (χ3v) is 3.27. The third-order valence-electron chi connectivity index (χ3n) is 2.47. The topological polar surface area (TPSA) is 95.7 Å². The third kappa shape index (κ3) is 2.93. The number of nitro benzene ring substituents is 1. The van der Waals surface area contributed by atoms with Crippen molar-refractivity contribution >= 4 is 33.6 Å². The Kier molecular flexibility index (Phi) is 5.14. The lowest BCUT2D eigenvalue weighted by Crippen LogP contribution is -2.26. The Morgan fingerprint density at radius 1 is 1.30 bits per heavy atom. The first-order valence-electron chi connectivity index (χ1n) is 5.13. The van der Waals surface area contributed by atoms with Crippen LogP contribution in [-0.2, 0) is 19.1 Å². The van der Waals surface area contributed by atoms with E-state index in [0.29, 0.717) is 0 Å². The van der Waals surface area contributed by atoms with Gasteiger partial charge in [-0.2, -0.15) is 0 Å². The van der Waals surface area contributed by atoms with Crippen LogP contribution in [0.3, 0.4) is 0 Å². The molecule has 20 heavy (non-hydrogen) atoms. The number of hydrogen-bond donors (Lipinski definition) is 0. The first kappa shape index (κ1) is 16.0. The van der Waals surface area contributed by atoms with Crippen molar-refractivity contribution in [3.8, 4) is 0 Å². The molecule has 108 valence electrons. The standard InChI is InChI=1S/C11H9BrFNO6/c1-19-10(15)8(11(16)20-2)7-6(14(17)18)4-3-5(13)9(7)12/h3-4,8H,1-2H3. The zero-order valence-corrected chi connectivity index (χ0v) is 12.0. The largest absolute Gasteiger partial charge is 0.468 e. The molecule has 0 fully saturated rings. The number of carbonyl (C=O) groups excluding carboxylic acids is 2. The minimum absolute atomic E-state index is 0.368. The molecule has 0 aliphatic carbocycles. The molecule has 0 saturated carbocycles. The van der Waals surface area contributed by atoms with Crippen LogP contribution in [0.2, 0.25) is 0 Å². The lowest BCUT2D eigenvalue weighted by Gasteiger charge is -2.14. The van der Waals surface area contributed by atoms with E-state index in [9.17, 15) is 24.1 Å². The maximum absolute atomic E-state index is 13.5. The molecule has 9 heteroatoms. The van der Waals surface area contributed by atoms with Gasteiger partial charge in [0, 0.05) is 6.07 Å². The number of halogens is 2. The second kappa shape index (κ2) is 6.42. The van der Waals surface area contributed by atoms with E-state index in [1.165, 1.54) is 0 Å². The summed E-state index contributed by atoms with van der Waals surface area (Å²) in [7, 11) is 1.99. The number of hydrogen-bond acceptors (Lipinski definition) is 6. The molecule has 0 aliphatic rings. The summed E-state index contributed by atoms with van der Waals surface area (Å²) in [5.74, 6) is -4.80. The highest BCUT2D eigenvalue weighted by Gasteiger charge is 2.38. The van der Waals surface area contributed by atoms with E-state index in [1.807, 2.05) is 0 Å². The number of nitrogens with zero attached hydrogens (tertiary/aromatic N) is 1. The fourth-order valence-electron chi connectivity index (χ4n) is 1.56. The Bertz CT molecular complexity index is 560. The van der Waals surface area contributed by atoms with Crippen molar-refractivity contribution in [3.05, 3.63) is 38.1 Å². The van der Waals surface area contributed by atoms with Crippen molar-refractivity contribution in [2.24, 2.45) is 0 Å². The van der Waals surface area contributed by atoms with Gasteiger partial charge in [-0.05, 0) is 22.0 Å². The monoisotopic (exact) mass is 349 g/mol. The Labute approximate surface area is 120 Å². The number of benzene rings is 1. The van der Waals surface area contributed by atoms with E-state index in [4.69, 9.17) is 0 Å². The van der Waals surface area contributed by atoms with Crippen molar-refractivity contribution in [2.75, 3.05) is 14.2 Å². The molecule has 1 aromatic carbocycles. The van der Waals surface area contributed by atoms with E-state index in [-0.39, 0.29) is 4.47 Å². The van der Waals surface area contributed by atoms with Crippen LogP contribution in [0.15, 0.2) is 16.6 Å². The number of carbonyl (C=O) groups is 2. The van der Waals surface area contributed by atoms with Crippen LogP contribution >= 0.6 is 15.9 Å². The lowest BCUT2D eigenvalue weighted by molar-refractivity contribution is -0.385. The molecular weight excluding hydrogens is 341 g/mol. The molecule has 0 heterocycles. The van der Waals surface area contributed by atoms with Gasteiger partial charge in [0.1, 0.15) is 5.82 Å². The van der Waals surface area contributed by atoms with E-state index in [1.54, 1.807) is 0 Å². The summed E-state index contributed by atoms with van der Waals surface area (Å²) in [6, 6.07) is 1.70. The Morgan fingerprint density at radius 2 is 1.80 bits per heavy atom. The van der Waals surface area contributed by atoms with Crippen molar-refractivity contribution < 1.29 is 28.4 Å². The highest BCUT2D eigenvalue weighted by Crippen LogP contribution is 2.36. The molecule has 1 rings (SSSR count). The smallest absolute Gasteiger partial charge is 0.324 e. The predicted molar refractivity (Wildman–Crippen MR) is 67.5 cm³/mol. The maximum atomic E-state index is 13.5. The van der Waals surface area contributed by atoms with Gasteiger partial charge in [-0.15, -0.1) is 0 Å². The molecule has 0 radical (unpaired) electrons. The molecule has 0 aliphatic heterocycles. The summed E-state index contributed by atoms with van der Waals surface area (Å²) < 4.78 is 22.0. The van der Waals surface area contributed by atoms with E-state index in [0.717, 1.165) is 26.4 Å². The summed E-state index contributed by atoms with van der Waals surface area (Å²) in [6.45, 7) is 0. The van der Waals surface area contributed by atoms with E-state index >= 15 is 0 Å². The predicted octanol–water partition coefficient (Wildman–Crippen LogP) is 1.93. The van der Waals surface area contributed by atoms with Crippen molar-refractivity contribution in [1.82, 2.24) is 0 Å². The average Bonchev–Trinajstić information content (AvgIpc) is 2.42. The van der Waals surface area contributed by atoms with Crippen molar-refractivity contribution in [3.63, 3.8) is 0 Å². The summed E-state index contributed by atoms with van der Waals surface area (Å²) >= 11 is 2.80. The van der Waals surface area contributed by atoms with Gasteiger partial charge >= 0.3 is 11.9 Å². The molecule has 7 nitrogen and oxygen atoms in total. The Morgan fingerprint density at radius 3 is 2.20 bits per heavy atom. The van der Waals surface area contributed by atoms with Crippen LogP contribution in [0.5, 0.6) is 0 Å². The van der Waals surface area contributed by atoms with E-state index in [2.05, 4.69) is 25.4 Å². The highest BCUT2D eigenvalue weighted by atomic mass is 79.9. The first-order chi connectivity index (χ1) is 9.34. The fraction of sp³-hybridized carbons (Fsp3) is 0.273. The van der Waals surface area contributed by atoms with Gasteiger partial charge in [0.05, 0.1) is 29.2 Å². The van der Waals surface area contributed by atoms with Gasteiger partial charge < -0.3 is 9.47 Å². The minimum atomic E-state index is -1.75. The van der Waals surface area contributed by atoms with Gasteiger partial charge in [-0.1, -0.05) is 0 Å². The van der Waals surface area contributed by atoms with Gasteiger partial charge in [0.2, 0.25) is 0 Å². The Hall–Kier alpha value is -2.03. The molecular formula is C11H9BrFNO6. The molecule has 0 N–H and O–H groups in total. The van der Waals surface area contributed by atoms with Crippen LogP contribution in [0.1, 0.15) is 11.5 Å². The number of rotatable bonds is 4. The average molecular weight is 350 g/mol. The zero-order chi connectivity index (χ0) is 15.4. The normalized spacial score (nSPS) is 10.2. The zero-order valence-electron chi connectivity index (χ0n) is 10.4. The minimum Gasteiger partial charge on any atom is -0.468 e. The van der Waals surface area contributed by atoms with Crippen LogP contribution in [-0.4, -0.2) is 31.1 Å². The molecule has 0 saturated heterocycles. The second-order valence-corrected chi connectivity index (χ2v) is 4.32. The van der Waals surface area contributed by atoms with Gasteiger partial charge in [0.25, 0.3) is 5.69 Å². The number of methoxy groups -OCH3 is 2. The van der Waals surface area contributed by atoms with Gasteiger partial charge in [-0.3, -0.25) is 19.7 Å². The quantitative estimate of drug-likeness (QED) is 0.356. The van der Waals surface area contributed by atoms with Crippen LogP contribution < -0.4 is 0 Å². The summed E-state index contributed by atoms with van der Waals surface area (Å²) in [5.41, 5.74) is -1.05. The van der Waals surface area contributed by atoms with Crippen LogP contribution in [0.4, 0.5) is 10.1 Å². The first-order valence-corrected chi connectivity index (χ1v) is 5.92. The summed E-state index contributed by atoms with van der Waals surface area (Å²) in [4.78, 5) is 33.5. The van der Waals surface area contributed by atoms with Crippen LogP contribution in [0.25, 0.3) is 0 Å². The van der Waals surface area contributed by atoms with E-state index < -0.39 is 39.8 Å². The molecule has 0 spiro atoms. The highest BCUT2D eigenvalue weighted by molar-refractivity contribution is 9.10. The SMILES string of the molecule is COC(=O)C(C(=O)OC)c1c([N+](=O)[O-])ccc(F)c1Br. The fourth-order valence-corrected chi connectivity index (χ4v) is 2.12. The maximum Gasteiger partial charge on any atom is 0.324 e. The molecule has 1 aromatic rings. The number of ether oxygens (including phenoxy) is 2. The summed E-state index contributed by atoms with van der Waals surface area (Å²) in [6.07, 6.45) is 0. The lowest BCUT2D eigenvalue weighted by atomic mass is 9.97. The number of nitro groups is 1.